The summed E-state index contributed by atoms with van der Waals surface area (Å²) in [4.78, 5) is 2.71. The molecule has 3 aromatic carbocycles. The highest BCUT2D eigenvalue weighted by molar-refractivity contribution is 5.89. The van der Waals surface area contributed by atoms with Gasteiger partial charge in [-0.25, -0.2) is 0 Å². The lowest BCUT2D eigenvalue weighted by Crippen LogP contribution is -2.32. The standard InChI is InChI=1S/C26H24F6N4O/c27-25(28,29)19-5-9-21(10-6-19)37-23-12-4-18-13-17(3-11-22(18)24(23)26(30,31)32)14-34-20-7-1-16(2-8-20)15-35-36-33/h1-4,7-8,11-13,19,21,34H,5-6,9-10,14-15H2/t19-,21+. The van der Waals surface area contributed by atoms with E-state index in [4.69, 9.17) is 10.3 Å². The monoisotopic (exact) mass is 522 g/mol. The number of anilines is 1. The molecule has 0 saturated heterocycles. The summed E-state index contributed by atoms with van der Waals surface area (Å²) in [6.45, 7) is 0.608. The van der Waals surface area contributed by atoms with Crippen LogP contribution < -0.4 is 10.1 Å². The van der Waals surface area contributed by atoms with Crippen LogP contribution in [0.5, 0.6) is 5.75 Å². The van der Waals surface area contributed by atoms with Crippen LogP contribution in [0.15, 0.2) is 59.7 Å². The number of nitrogens with zero attached hydrogens (tertiary/aromatic N) is 3. The molecule has 0 amide bonds. The Kier molecular flexibility index (Phi) is 7.73. The van der Waals surface area contributed by atoms with E-state index in [1.165, 1.54) is 18.2 Å². The van der Waals surface area contributed by atoms with E-state index in [-0.39, 0.29) is 43.4 Å². The van der Waals surface area contributed by atoms with Crippen LogP contribution in [-0.4, -0.2) is 12.3 Å². The smallest absolute Gasteiger partial charge is 0.420 e. The molecule has 0 bridgehead atoms. The highest BCUT2D eigenvalue weighted by Crippen LogP contribution is 2.44. The maximum atomic E-state index is 14.1. The minimum absolute atomic E-state index is 0.0277. The van der Waals surface area contributed by atoms with Gasteiger partial charge in [0.15, 0.2) is 0 Å². The van der Waals surface area contributed by atoms with Gasteiger partial charge in [-0.2, -0.15) is 26.3 Å². The number of nitrogens with one attached hydrogen (secondary N) is 1. The van der Waals surface area contributed by atoms with E-state index < -0.39 is 29.9 Å². The van der Waals surface area contributed by atoms with E-state index in [0.29, 0.717) is 11.9 Å². The number of ether oxygens (including phenoxy) is 1. The van der Waals surface area contributed by atoms with Gasteiger partial charge in [-0.15, -0.1) is 0 Å². The van der Waals surface area contributed by atoms with Crippen molar-refractivity contribution in [3.63, 3.8) is 0 Å². The van der Waals surface area contributed by atoms with E-state index >= 15 is 0 Å². The Morgan fingerprint density at radius 2 is 1.57 bits per heavy atom. The zero-order valence-corrected chi connectivity index (χ0v) is 19.6. The molecule has 0 atom stereocenters. The van der Waals surface area contributed by atoms with Crippen LogP contribution in [0, 0.1) is 5.92 Å². The van der Waals surface area contributed by atoms with Crippen molar-refractivity contribution < 1.29 is 31.1 Å². The highest BCUT2D eigenvalue weighted by Gasteiger charge is 2.42. The van der Waals surface area contributed by atoms with Gasteiger partial charge in [-0.05, 0) is 77.4 Å². The van der Waals surface area contributed by atoms with Gasteiger partial charge in [-0.1, -0.05) is 35.4 Å². The third kappa shape index (κ3) is 6.60. The number of hydrogen-bond acceptors (Lipinski definition) is 3. The SMILES string of the molecule is [N-]=[N+]=NCc1ccc(NCc2ccc3c(C(F)(F)F)c(O[C@H]4CC[C@@H](C(F)(F)F)CC4)ccc3c2)cc1. The van der Waals surface area contributed by atoms with Gasteiger partial charge in [-0.3, -0.25) is 0 Å². The first kappa shape index (κ1) is 26.5. The summed E-state index contributed by atoms with van der Waals surface area (Å²) in [5.74, 6) is -1.80. The van der Waals surface area contributed by atoms with Crippen LogP contribution in [0.2, 0.25) is 0 Å². The molecular formula is C26H24F6N4O. The molecule has 0 aromatic heterocycles. The lowest BCUT2D eigenvalue weighted by molar-refractivity contribution is -0.185. The topological polar surface area (TPSA) is 70.0 Å². The maximum Gasteiger partial charge on any atom is 0.420 e. The summed E-state index contributed by atoms with van der Waals surface area (Å²) < 4.78 is 86.6. The van der Waals surface area contributed by atoms with Gasteiger partial charge in [0.25, 0.3) is 0 Å². The largest absolute Gasteiger partial charge is 0.490 e. The van der Waals surface area contributed by atoms with Crippen molar-refractivity contribution in [2.24, 2.45) is 11.0 Å². The Balaban J connectivity index is 1.49. The molecule has 0 unspecified atom stereocenters. The molecule has 0 spiro atoms. The van der Waals surface area contributed by atoms with Crippen molar-refractivity contribution in [1.82, 2.24) is 0 Å². The van der Waals surface area contributed by atoms with Crippen LogP contribution in [-0.2, 0) is 19.3 Å². The Hall–Kier alpha value is -3.59. The minimum atomic E-state index is -4.70. The van der Waals surface area contributed by atoms with E-state index in [2.05, 4.69) is 15.3 Å². The third-order valence-electron chi connectivity index (χ3n) is 6.53. The number of fused-ring (bicyclic) bond motifs is 1. The molecule has 1 fully saturated rings. The molecule has 0 heterocycles. The average molecular weight is 522 g/mol. The number of halogens is 6. The minimum Gasteiger partial charge on any atom is -0.490 e. The number of hydrogen-bond donors (Lipinski definition) is 1. The normalized spacial score (nSPS) is 18.3. The predicted octanol–water partition coefficient (Wildman–Crippen LogP) is 8.78. The van der Waals surface area contributed by atoms with Gasteiger partial charge < -0.3 is 10.1 Å². The van der Waals surface area contributed by atoms with E-state index in [9.17, 15) is 26.3 Å². The van der Waals surface area contributed by atoms with Crippen LogP contribution in [0.3, 0.4) is 0 Å². The lowest BCUT2D eigenvalue weighted by atomic mass is 9.87. The highest BCUT2D eigenvalue weighted by atomic mass is 19.4. The summed E-state index contributed by atoms with van der Waals surface area (Å²) in [6.07, 6.45) is -9.90. The van der Waals surface area contributed by atoms with E-state index in [1.54, 1.807) is 12.1 Å². The molecule has 0 radical (unpaired) electrons. The van der Waals surface area contributed by atoms with Gasteiger partial charge in [0.1, 0.15) is 11.3 Å². The predicted molar refractivity (Wildman–Crippen MR) is 128 cm³/mol. The number of azide groups is 1. The molecule has 1 aliphatic rings. The molecule has 1 N–H and O–H groups in total. The molecule has 4 rings (SSSR count). The van der Waals surface area contributed by atoms with Crippen LogP contribution in [0.25, 0.3) is 21.2 Å². The number of benzene rings is 3. The van der Waals surface area contributed by atoms with Crippen molar-refractivity contribution in [2.75, 3.05) is 5.32 Å². The van der Waals surface area contributed by atoms with Crippen LogP contribution in [0.1, 0.15) is 42.4 Å². The van der Waals surface area contributed by atoms with Crippen molar-refractivity contribution >= 4 is 16.5 Å². The van der Waals surface area contributed by atoms with Crippen LogP contribution >= 0.6 is 0 Å². The average Bonchev–Trinajstić information content (AvgIpc) is 2.85. The number of rotatable bonds is 7. The summed E-state index contributed by atoms with van der Waals surface area (Å²) in [5.41, 5.74) is 9.88. The zero-order chi connectivity index (χ0) is 26.6. The quantitative estimate of drug-likeness (QED) is 0.146. The van der Waals surface area contributed by atoms with Crippen LogP contribution in [0.4, 0.5) is 32.0 Å². The molecule has 1 saturated carbocycles. The van der Waals surface area contributed by atoms with Crippen molar-refractivity contribution in [2.45, 2.75) is 57.2 Å². The first-order valence-corrected chi connectivity index (χ1v) is 11.7. The molecular weight excluding hydrogens is 498 g/mol. The maximum absolute atomic E-state index is 14.1. The fraction of sp³-hybridized carbons (Fsp3) is 0.385. The van der Waals surface area contributed by atoms with E-state index in [1.807, 2.05) is 24.3 Å². The summed E-state index contributed by atoms with van der Waals surface area (Å²) >= 11 is 0. The summed E-state index contributed by atoms with van der Waals surface area (Å²) in [7, 11) is 0. The lowest BCUT2D eigenvalue weighted by Gasteiger charge is -2.31. The molecule has 196 valence electrons. The molecule has 5 nitrogen and oxygen atoms in total. The first-order valence-electron chi connectivity index (χ1n) is 11.7. The Labute approximate surface area is 209 Å². The van der Waals surface area contributed by atoms with Gasteiger partial charge >= 0.3 is 12.4 Å². The fourth-order valence-corrected chi connectivity index (χ4v) is 4.59. The second-order valence-electron chi connectivity index (χ2n) is 9.06. The Bertz CT molecular complexity index is 1280. The van der Waals surface area contributed by atoms with Gasteiger partial charge in [0.2, 0.25) is 0 Å². The number of alkyl halides is 6. The molecule has 1 aliphatic carbocycles. The third-order valence-corrected chi connectivity index (χ3v) is 6.53. The second kappa shape index (κ2) is 10.8. The summed E-state index contributed by atoms with van der Waals surface area (Å²) in [5, 5.41) is 7.05. The zero-order valence-electron chi connectivity index (χ0n) is 19.6. The van der Waals surface area contributed by atoms with Crippen molar-refractivity contribution in [3.8, 4) is 5.75 Å². The van der Waals surface area contributed by atoms with Gasteiger partial charge in [0.05, 0.1) is 18.6 Å². The summed E-state index contributed by atoms with van der Waals surface area (Å²) in [6, 6.07) is 14.7. The Morgan fingerprint density at radius 3 is 2.19 bits per heavy atom. The fourth-order valence-electron chi connectivity index (χ4n) is 4.59. The van der Waals surface area contributed by atoms with Crippen molar-refractivity contribution in [1.29, 1.82) is 0 Å². The molecule has 37 heavy (non-hydrogen) atoms. The molecule has 11 heteroatoms. The first-order chi connectivity index (χ1) is 17.5. The van der Waals surface area contributed by atoms with E-state index in [0.717, 1.165) is 16.8 Å². The molecule has 0 aliphatic heterocycles. The van der Waals surface area contributed by atoms with Gasteiger partial charge in [0, 0.05) is 17.1 Å². The Morgan fingerprint density at radius 1 is 0.892 bits per heavy atom. The van der Waals surface area contributed by atoms with Crippen molar-refractivity contribution in [3.05, 3.63) is 81.7 Å². The second-order valence-corrected chi connectivity index (χ2v) is 9.06. The molecule has 3 aromatic rings.